The number of thiocarbonyl (C=S) groups is 1. The van der Waals surface area contributed by atoms with Crippen LogP contribution < -0.4 is 15.5 Å². The average molecular weight is 484 g/mol. The molecule has 0 aliphatic carbocycles. The molecule has 2 aromatic heterocycles. The summed E-state index contributed by atoms with van der Waals surface area (Å²) in [7, 11) is 1.49. The van der Waals surface area contributed by atoms with Crippen LogP contribution in [0, 0.1) is 0 Å². The first-order chi connectivity index (χ1) is 17.1. The summed E-state index contributed by atoms with van der Waals surface area (Å²) < 4.78 is 7.00. The van der Waals surface area contributed by atoms with Crippen molar-refractivity contribution < 1.29 is 9.53 Å². The molecule has 1 aliphatic rings. The van der Waals surface area contributed by atoms with Crippen molar-refractivity contribution in [1.29, 1.82) is 0 Å². The van der Waals surface area contributed by atoms with Gasteiger partial charge in [0.1, 0.15) is 6.61 Å². The molecule has 3 heterocycles. The van der Waals surface area contributed by atoms with Crippen LogP contribution in [0.3, 0.4) is 0 Å². The average Bonchev–Trinajstić information content (AvgIpc) is 3.50. The van der Waals surface area contributed by atoms with Gasteiger partial charge in [0.05, 0.1) is 17.8 Å². The fourth-order valence-corrected chi connectivity index (χ4v) is 4.70. The van der Waals surface area contributed by atoms with Crippen LogP contribution in [0.15, 0.2) is 97.5 Å². The number of carbonyl (C=O) groups excluding carboxylic acids is 1. The van der Waals surface area contributed by atoms with Crippen LogP contribution in [0.1, 0.15) is 23.3 Å². The van der Waals surface area contributed by atoms with E-state index >= 15 is 0 Å². The van der Waals surface area contributed by atoms with Crippen LogP contribution in [-0.2, 0) is 9.53 Å². The van der Waals surface area contributed by atoms with E-state index in [1.54, 1.807) is 6.20 Å². The number of carbonyl (C=O) groups is 1. The number of amides is 1. The number of para-hydroxylation sites is 1. The lowest BCUT2D eigenvalue weighted by Gasteiger charge is -2.27. The SMILES string of the molecule is COCC(=O)Nc1ccc(N2C(=S)N[C@@H](c3ccccn3)[C@@H]2c2ccn(-c3ccccc3)c2)cc1. The minimum Gasteiger partial charge on any atom is -0.375 e. The van der Waals surface area contributed by atoms with E-state index in [2.05, 4.69) is 55.7 Å². The number of aromatic nitrogens is 2. The molecule has 2 N–H and O–H groups in total. The summed E-state index contributed by atoms with van der Waals surface area (Å²) in [4.78, 5) is 18.6. The smallest absolute Gasteiger partial charge is 0.250 e. The molecule has 0 saturated carbocycles. The Morgan fingerprint density at radius 2 is 1.80 bits per heavy atom. The van der Waals surface area contributed by atoms with E-state index in [1.807, 2.05) is 60.7 Å². The maximum atomic E-state index is 11.9. The van der Waals surface area contributed by atoms with Gasteiger partial charge in [0, 0.05) is 42.8 Å². The number of anilines is 2. The Morgan fingerprint density at radius 3 is 2.51 bits per heavy atom. The number of pyridine rings is 1. The fraction of sp³-hybridized carbons (Fsp3) is 0.148. The molecular formula is C27H25N5O2S. The van der Waals surface area contributed by atoms with E-state index in [9.17, 15) is 4.79 Å². The third-order valence-corrected chi connectivity index (χ3v) is 6.23. The van der Waals surface area contributed by atoms with Gasteiger partial charge >= 0.3 is 0 Å². The number of hydrogen-bond acceptors (Lipinski definition) is 4. The molecule has 0 bridgehead atoms. The van der Waals surface area contributed by atoms with Crippen molar-refractivity contribution in [1.82, 2.24) is 14.9 Å². The largest absolute Gasteiger partial charge is 0.375 e. The van der Waals surface area contributed by atoms with Crippen molar-refractivity contribution in [3.05, 3.63) is 109 Å². The monoisotopic (exact) mass is 483 g/mol. The summed E-state index contributed by atoms with van der Waals surface area (Å²) in [5.41, 5.74) is 4.72. The lowest BCUT2D eigenvalue weighted by atomic mass is 9.98. The molecular weight excluding hydrogens is 458 g/mol. The van der Waals surface area contributed by atoms with E-state index in [1.165, 1.54) is 7.11 Å². The molecule has 1 saturated heterocycles. The Kier molecular flexibility index (Phi) is 6.56. The van der Waals surface area contributed by atoms with Crippen LogP contribution in [-0.4, -0.2) is 34.3 Å². The minimum absolute atomic E-state index is 0.00805. The van der Waals surface area contributed by atoms with Crippen LogP contribution in [0.25, 0.3) is 5.69 Å². The Bertz CT molecular complexity index is 1310. The number of hydrogen-bond donors (Lipinski definition) is 2. The summed E-state index contributed by atoms with van der Waals surface area (Å²) in [5, 5.41) is 6.93. The molecule has 1 aliphatic heterocycles. The van der Waals surface area contributed by atoms with Gasteiger partial charge in [0.2, 0.25) is 5.91 Å². The molecule has 176 valence electrons. The molecule has 0 radical (unpaired) electrons. The molecule has 5 rings (SSSR count). The van der Waals surface area contributed by atoms with Crippen LogP contribution in [0.4, 0.5) is 11.4 Å². The van der Waals surface area contributed by atoms with Gasteiger partial charge in [-0.1, -0.05) is 24.3 Å². The van der Waals surface area contributed by atoms with Crippen molar-refractivity contribution in [2.45, 2.75) is 12.1 Å². The van der Waals surface area contributed by atoms with Gasteiger partial charge < -0.3 is 24.8 Å². The molecule has 35 heavy (non-hydrogen) atoms. The van der Waals surface area contributed by atoms with Crippen LogP contribution in [0.5, 0.6) is 0 Å². The normalized spacial score (nSPS) is 17.3. The molecule has 0 unspecified atom stereocenters. The maximum Gasteiger partial charge on any atom is 0.250 e. The van der Waals surface area contributed by atoms with Crippen molar-refractivity contribution in [2.24, 2.45) is 0 Å². The number of methoxy groups -OCH3 is 1. The molecule has 2 atom stereocenters. The zero-order valence-electron chi connectivity index (χ0n) is 19.2. The molecule has 4 aromatic rings. The lowest BCUT2D eigenvalue weighted by molar-refractivity contribution is -0.119. The third-order valence-electron chi connectivity index (χ3n) is 5.91. The molecule has 2 aromatic carbocycles. The second-order valence-corrected chi connectivity index (χ2v) is 8.60. The number of rotatable bonds is 7. The predicted molar refractivity (Wildman–Crippen MR) is 141 cm³/mol. The number of benzene rings is 2. The van der Waals surface area contributed by atoms with E-state index < -0.39 is 0 Å². The lowest BCUT2D eigenvalue weighted by Crippen LogP contribution is -2.29. The van der Waals surface area contributed by atoms with Gasteiger partial charge in [-0.3, -0.25) is 9.78 Å². The summed E-state index contributed by atoms with van der Waals surface area (Å²) in [5.74, 6) is -0.200. The zero-order valence-corrected chi connectivity index (χ0v) is 20.0. The summed E-state index contributed by atoms with van der Waals surface area (Å²) in [6.45, 7) is 0.00805. The highest BCUT2D eigenvalue weighted by molar-refractivity contribution is 7.80. The molecule has 1 amide bonds. The van der Waals surface area contributed by atoms with Gasteiger partial charge in [-0.15, -0.1) is 0 Å². The first kappa shape index (κ1) is 22.8. The standard InChI is InChI=1S/C27H25N5O2S/c1-34-18-24(33)29-20-10-12-22(13-11-20)32-26(25(30-27(32)35)23-9-5-6-15-28-23)19-14-16-31(17-19)21-7-3-2-4-8-21/h2-17,25-26H,18H2,1H3,(H,29,33)(H,30,35)/t25-,26-/m0/s1. The van der Waals surface area contributed by atoms with Gasteiger partial charge in [-0.05, 0) is 72.4 Å². The highest BCUT2D eigenvalue weighted by Gasteiger charge is 2.41. The van der Waals surface area contributed by atoms with Gasteiger partial charge in [-0.25, -0.2) is 0 Å². The second-order valence-electron chi connectivity index (χ2n) is 8.21. The second kappa shape index (κ2) is 10.1. The predicted octanol–water partition coefficient (Wildman–Crippen LogP) is 4.63. The maximum absolute atomic E-state index is 11.9. The zero-order chi connectivity index (χ0) is 24.2. The molecule has 7 nitrogen and oxygen atoms in total. The summed E-state index contributed by atoms with van der Waals surface area (Å²) >= 11 is 5.81. The summed E-state index contributed by atoms with van der Waals surface area (Å²) in [6, 6.07) is 25.6. The van der Waals surface area contributed by atoms with Gasteiger partial charge in [0.25, 0.3) is 0 Å². The Labute approximate surface area is 209 Å². The highest BCUT2D eigenvalue weighted by atomic mass is 32.1. The highest BCUT2D eigenvalue weighted by Crippen LogP contribution is 2.42. The Morgan fingerprint density at radius 1 is 1.03 bits per heavy atom. The van der Waals surface area contributed by atoms with Crippen LogP contribution in [0.2, 0.25) is 0 Å². The summed E-state index contributed by atoms with van der Waals surface area (Å²) in [6.07, 6.45) is 6.00. The topological polar surface area (TPSA) is 71.4 Å². The number of nitrogens with zero attached hydrogens (tertiary/aromatic N) is 3. The first-order valence-corrected chi connectivity index (χ1v) is 11.7. The van der Waals surface area contributed by atoms with Crippen molar-refractivity contribution in [3.8, 4) is 5.69 Å². The van der Waals surface area contributed by atoms with E-state index in [-0.39, 0.29) is 24.6 Å². The van der Waals surface area contributed by atoms with Gasteiger partial charge in [0.15, 0.2) is 5.11 Å². The molecule has 1 fully saturated rings. The van der Waals surface area contributed by atoms with Crippen LogP contribution >= 0.6 is 12.2 Å². The van der Waals surface area contributed by atoms with Crippen molar-refractivity contribution >= 4 is 34.6 Å². The Hall–Kier alpha value is -4.01. The molecule has 8 heteroatoms. The quantitative estimate of drug-likeness (QED) is 0.374. The first-order valence-electron chi connectivity index (χ1n) is 11.3. The van der Waals surface area contributed by atoms with E-state index in [4.69, 9.17) is 17.0 Å². The minimum atomic E-state index is -0.200. The number of ether oxygens (including phenoxy) is 1. The third kappa shape index (κ3) is 4.80. The van der Waals surface area contributed by atoms with E-state index in [0.717, 1.165) is 22.6 Å². The van der Waals surface area contributed by atoms with Gasteiger partial charge in [-0.2, -0.15) is 0 Å². The fourth-order valence-electron chi connectivity index (χ4n) is 4.35. The van der Waals surface area contributed by atoms with Crippen molar-refractivity contribution in [2.75, 3.05) is 23.9 Å². The molecule has 0 spiro atoms. The Balaban J connectivity index is 1.50. The van der Waals surface area contributed by atoms with Crippen molar-refractivity contribution in [3.63, 3.8) is 0 Å². The van der Waals surface area contributed by atoms with E-state index in [0.29, 0.717) is 10.8 Å². The number of nitrogens with one attached hydrogen (secondary N) is 2.